The van der Waals surface area contributed by atoms with Gasteiger partial charge < -0.3 is 5.32 Å². The summed E-state index contributed by atoms with van der Waals surface area (Å²) in [4.78, 5) is 0. The molecule has 1 nitrogen and oxygen atoms in total. The summed E-state index contributed by atoms with van der Waals surface area (Å²) in [6.07, 6.45) is 6.30. The molecule has 0 bridgehead atoms. The van der Waals surface area contributed by atoms with E-state index in [-0.39, 0.29) is 6.04 Å². The summed E-state index contributed by atoms with van der Waals surface area (Å²) in [7, 11) is 0. The SMILES string of the molecule is C#CC(CC)Nc1c(Br)cc(Br)cc1Br. The van der Waals surface area contributed by atoms with Crippen molar-refractivity contribution in [3.8, 4) is 12.3 Å². The van der Waals surface area contributed by atoms with E-state index in [9.17, 15) is 0 Å². The summed E-state index contributed by atoms with van der Waals surface area (Å²) in [6.45, 7) is 2.05. The Kier molecular flexibility index (Phi) is 5.17. The molecule has 0 aliphatic heterocycles. The highest BCUT2D eigenvalue weighted by Gasteiger charge is 2.09. The number of terminal acetylenes is 1. The van der Waals surface area contributed by atoms with Gasteiger partial charge in [-0.25, -0.2) is 0 Å². The third-order valence-corrected chi connectivity index (χ3v) is 3.64. The van der Waals surface area contributed by atoms with Gasteiger partial charge in [-0.2, -0.15) is 0 Å². The maximum absolute atomic E-state index is 5.41. The molecule has 0 amide bonds. The lowest BCUT2D eigenvalue weighted by Crippen LogP contribution is -2.16. The number of hydrogen-bond donors (Lipinski definition) is 1. The Morgan fingerprint density at radius 3 is 2.27 bits per heavy atom. The van der Waals surface area contributed by atoms with Crippen LogP contribution in [0.5, 0.6) is 0 Å². The minimum Gasteiger partial charge on any atom is -0.370 e. The lowest BCUT2D eigenvalue weighted by Gasteiger charge is -2.15. The largest absolute Gasteiger partial charge is 0.370 e. The summed E-state index contributed by atoms with van der Waals surface area (Å²) in [5.41, 5.74) is 0.989. The molecule has 0 aromatic heterocycles. The molecule has 1 rings (SSSR count). The first-order valence-electron chi connectivity index (χ1n) is 4.45. The predicted octanol–water partition coefficient (Wildman–Crippen LogP) is 4.80. The molecule has 1 atom stereocenters. The van der Waals surface area contributed by atoms with Crippen molar-refractivity contribution in [3.05, 3.63) is 25.6 Å². The van der Waals surface area contributed by atoms with Crippen molar-refractivity contribution >= 4 is 53.5 Å². The molecule has 1 unspecified atom stereocenters. The quantitative estimate of drug-likeness (QED) is 0.725. The van der Waals surface area contributed by atoms with Crippen molar-refractivity contribution in [3.63, 3.8) is 0 Å². The standard InChI is InChI=1S/C11H10Br3N/c1-3-8(4-2)15-11-9(13)5-7(12)6-10(11)14/h1,5-6,8,15H,4H2,2H3. The monoisotopic (exact) mass is 393 g/mol. The van der Waals surface area contributed by atoms with Crippen LogP contribution in [0.2, 0.25) is 0 Å². The topological polar surface area (TPSA) is 12.0 Å². The molecule has 0 aliphatic carbocycles. The summed E-state index contributed by atoms with van der Waals surface area (Å²) >= 11 is 10.4. The molecule has 1 aromatic rings. The first-order valence-corrected chi connectivity index (χ1v) is 6.83. The highest BCUT2D eigenvalue weighted by Crippen LogP contribution is 2.34. The van der Waals surface area contributed by atoms with Gasteiger partial charge in [0, 0.05) is 13.4 Å². The summed E-state index contributed by atoms with van der Waals surface area (Å²) < 4.78 is 2.98. The minimum absolute atomic E-state index is 0.0544. The summed E-state index contributed by atoms with van der Waals surface area (Å²) in [6, 6.07) is 4.02. The highest BCUT2D eigenvalue weighted by molar-refractivity contribution is 9.11. The zero-order chi connectivity index (χ0) is 11.4. The second-order valence-corrected chi connectivity index (χ2v) is 5.64. The Bertz CT molecular complexity index is 372. The molecule has 0 aliphatic rings. The Morgan fingerprint density at radius 1 is 1.33 bits per heavy atom. The average molecular weight is 396 g/mol. The van der Waals surface area contributed by atoms with Crippen LogP contribution in [0.15, 0.2) is 25.6 Å². The van der Waals surface area contributed by atoms with Gasteiger partial charge in [0.05, 0.1) is 11.7 Å². The molecule has 0 spiro atoms. The van der Waals surface area contributed by atoms with E-state index in [1.807, 2.05) is 12.1 Å². The number of rotatable bonds is 3. The van der Waals surface area contributed by atoms with Gasteiger partial charge in [0.1, 0.15) is 0 Å². The van der Waals surface area contributed by atoms with E-state index in [4.69, 9.17) is 6.42 Å². The second-order valence-electron chi connectivity index (χ2n) is 3.02. The lowest BCUT2D eigenvalue weighted by atomic mass is 10.2. The van der Waals surface area contributed by atoms with Crippen LogP contribution in [0.25, 0.3) is 0 Å². The molecule has 0 saturated carbocycles. The average Bonchev–Trinajstić information content (AvgIpc) is 2.17. The predicted molar refractivity (Wildman–Crippen MR) is 76.1 cm³/mol. The fourth-order valence-electron chi connectivity index (χ4n) is 1.12. The zero-order valence-corrected chi connectivity index (χ0v) is 12.9. The number of benzene rings is 1. The van der Waals surface area contributed by atoms with E-state index >= 15 is 0 Å². The molecule has 0 fully saturated rings. The number of halogens is 3. The molecular formula is C11H10Br3N. The van der Waals surface area contributed by atoms with Crippen molar-refractivity contribution < 1.29 is 0 Å². The number of anilines is 1. The smallest absolute Gasteiger partial charge is 0.0872 e. The lowest BCUT2D eigenvalue weighted by molar-refractivity contribution is 0.856. The van der Waals surface area contributed by atoms with Gasteiger partial charge in [-0.1, -0.05) is 28.8 Å². The first kappa shape index (κ1) is 13.1. The van der Waals surface area contributed by atoms with Crippen LogP contribution in [0.4, 0.5) is 5.69 Å². The number of hydrogen-bond acceptors (Lipinski definition) is 1. The van der Waals surface area contributed by atoms with Crippen molar-refractivity contribution in [1.82, 2.24) is 0 Å². The molecule has 1 aromatic carbocycles. The summed E-state index contributed by atoms with van der Waals surface area (Å²) in [5.74, 6) is 2.70. The molecule has 0 saturated heterocycles. The Balaban J connectivity index is 3.00. The molecule has 4 heteroatoms. The van der Waals surface area contributed by atoms with E-state index in [2.05, 4.69) is 66.0 Å². The van der Waals surface area contributed by atoms with Crippen LogP contribution in [0.3, 0.4) is 0 Å². The van der Waals surface area contributed by atoms with E-state index in [0.29, 0.717) is 0 Å². The van der Waals surface area contributed by atoms with E-state index in [1.54, 1.807) is 0 Å². The van der Waals surface area contributed by atoms with Crippen LogP contribution < -0.4 is 5.32 Å². The molecule has 15 heavy (non-hydrogen) atoms. The third kappa shape index (κ3) is 3.51. The van der Waals surface area contributed by atoms with Crippen LogP contribution in [-0.4, -0.2) is 6.04 Å². The number of nitrogens with one attached hydrogen (secondary N) is 1. The zero-order valence-electron chi connectivity index (χ0n) is 8.15. The Morgan fingerprint density at radius 2 is 1.87 bits per heavy atom. The van der Waals surface area contributed by atoms with Gasteiger partial charge in [0.2, 0.25) is 0 Å². The molecule has 0 radical (unpaired) electrons. The first-order chi connectivity index (χ1) is 7.08. The van der Waals surface area contributed by atoms with Crippen LogP contribution in [0.1, 0.15) is 13.3 Å². The van der Waals surface area contributed by atoms with Gasteiger partial charge in [0.25, 0.3) is 0 Å². The van der Waals surface area contributed by atoms with Gasteiger partial charge in [-0.15, -0.1) is 6.42 Å². The third-order valence-electron chi connectivity index (χ3n) is 1.93. The van der Waals surface area contributed by atoms with Crippen molar-refractivity contribution in [1.29, 1.82) is 0 Å². The van der Waals surface area contributed by atoms with Crippen molar-refractivity contribution in [2.24, 2.45) is 0 Å². The molecular weight excluding hydrogens is 386 g/mol. The van der Waals surface area contributed by atoms with Crippen LogP contribution >= 0.6 is 47.8 Å². The Hall–Kier alpha value is 0.0200. The van der Waals surface area contributed by atoms with Crippen LogP contribution in [-0.2, 0) is 0 Å². The Labute approximate surface area is 115 Å². The second kappa shape index (κ2) is 5.93. The maximum Gasteiger partial charge on any atom is 0.0872 e. The van der Waals surface area contributed by atoms with E-state index in [1.165, 1.54) is 0 Å². The van der Waals surface area contributed by atoms with E-state index < -0.39 is 0 Å². The van der Waals surface area contributed by atoms with Gasteiger partial charge in [-0.3, -0.25) is 0 Å². The highest BCUT2D eigenvalue weighted by atomic mass is 79.9. The van der Waals surface area contributed by atoms with Crippen molar-refractivity contribution in [2.75, 3.05) is 5.32 Å². The van der Waals surface area contributed by atoms with Gasteiger partial charge in [-0.05, 0) is 50.4 Å². The maximum atomic E-state index is 5.41. The van der Waals surface area contributed by atoms with Crippen molar-refractivity contribution in [2.45, 2.75) is 19.4 Å². The molecule has 0 heterocycles. The van der Waals surface area contributed by atoms with Crippen LogP contribution in [0, 0.1) is 12.3 Å². The fraction of sp³-hybridized carbons (Fsp3) is 0.273. The minimum atomic E-state index is 0.0544. The molecule has 80 valence electrons. The van der Waals surface area contributed by atoms with Gasteiger partial charge in [0.15, 0.2) is 0 Å². The van der Waals surface area contributed by atoms with E-state index in [0.717, 1.165) is 25.5 Å². The normalized spacial score (nSPS) is 11.9. The summed E-state index contributed by atoms with van der Waals surface area (Å²) in [5, 5.41) is 3.29. The fourth-order valence-corrected chi connectivity index (χ4v) is 3.60. The molecule has 1 N–H and O–H groups in total. The van der Waals surface area contributed by atoms with Gasteiger partial charge >= 0.3 is 0 Å².